The van der Waals surface area contributed by atoms with E-state index in [-0.39, 0.29) is 24.2 Å². The number of nitro groups is 1. The van der Waals surface area contributed by atoms with E-state index in [9.17, 15) is 19.7 Å². The summed E-state index contributed by atoms with van der Waals surface area (Å²) in [5.74, 6) is -0.0932. The van der Waals surface area contributed by atoms with Crippen LogP contribution < -0.4 is 15.5 Å². The molecule has 2 fully saturated rings. The van der Waals surface area contributed by atoms with Gasteiger partial charge in [0.2, 0.25) is 11.8 Å². The summed E-state index contributed by atoms with van der Waals surface area (Å²) < 4.78 is 0. The van der Waals surface area contributed by atoms with Crippen LogP contribution in [0.15, 0.2) is 36.3 Å². The topological polar surface area (TPSA) is 111 Å². The van der Waals surface area contributed by atoms with Gasteiger partial charge >= 0.3 is 0 Å². The second-order valence-corrected chi connectivity index (χ2v) is 8.43. The Bertz CT molecular complexity index is 848. The highest BCUT2D eigenvalue weighted by atomic mass is 16.6. The Kier molecular flexibility index (Phi) is 7.91. The maximum atomic E-state index is 13.2. The molecule has 32 heavy (non-hydrogen) atoms. The van der Waals surface area contributed by atoms with E-state index in [0.29, 0.717) is 18.7 Å². The van der Waals surface area contributed by atoms with Crippen molar-refractivity contribution < 1.29 is 14.5 Å². The standard InChI is InChI=1S/C22H32N6O4/c1-25(2)18-10-8-17(9-11-18)23-20(15-28(31)32)24-19-7-3-4-14-27(22(19)30)16-21(29)26-12-5-6-13-26/h8-11,15,19,23-24H,3-7,12-14,16H2,1-2H3/b20-15+/t19-/m0/s1. The zero-order chi connectivity index (χ0) is 23.1. The first-order valence-electron chi connectivity index (χ1n) is 11.1. The molecule has 2 aliphatic heterocycles. The second kappa shape index (κ2) is 10.8. The first-order chi connectivity index (χ1) is 15.3. The van der Waals surface area contributed by atoms with Crippen molar-refractivity contribution in [3.63, 3.8) is 0 Å². The largest absolute Gasteiger partial charge is 0.378 e. The third kappa shape index (κ3) is 6.35. The molecule has 2 heterocycles. The number of likely N-dealkylation sites (tertiary alicyclic amines) is 2. The van der Waals surface area contributed by atoms with Crippen molar-refractivity contribution in [1.29, 1.82) is 0 Å². The van der Waals surface area contributed by atoms with Crippen LogP contribution in [0.25, 0.3) is 0 Å². The molecule has 1 aromatic rings. The zero-order valence-electron chi connectivity index (χ0n) is 18.7. The monoisotopic (exact) mass is 444 g/mol. The average molecular weight is 445 g/mol. The minimum atomic E-state index is -0.636. The summed E-state index contributed by atoms with van der Waals surface area (Å²) in [5.41, 5.74) is 1.67. The first-order valence-corrected chi connectivity index (χ1v) is 11.1. The highest BCUT2D eigenvalue weighted by Crippen LogP contribution is 2.19. The highest BCUT2D eigenvalue weighted by molar-refractivity contribution is 5.88. The van der Waals surface area contributed by atoms with Gasteiger partial charge in [-0.2, -0.15) is 0 Å². The van der Waals surface area contributed by atoms with Crippen molar-refractivity contribution in [2.24, 2.45) is 0 Å². The number of benzene rings is 1. The first kappa shape index (κ1) is 23.4. The fourth-order valence-corrected chi connectivity index (χ4v) is 4.02. The number of nitrogens with one attached hydrogen (secondary N) is 2. The molecule has 3 rings (SSSR count). The molecule has 2 N–H and O–H groups in total. The molecule has 2 saturated heterocycles. The third-order valence-electron chi connectivity index (χ3n) is 5.79. The maximum Gasteiger partial charge on any atom is 0.274 e. The highest BCUT2D eigenvalue weighted by Gasteiger charge is 2.30. The van der Waals surface area contributed by atoms with Gasteiger partial charge in [-0.25, -0.2) is 0 Å². The van der Waals surface area contributed by atoms with Gasteiger partial charge in [-0.15, -0.1) is 0 Å². The molecule has 0 saturated carbocycles. The van der Waals surface area contributed by atoms with Crippen molar-refractivity contribution >= 4 is 23.2 Å². The molecule has 10 nitrogen and oxygen atoms in total. The van der Waals surface area contributed by atoms with Gasteiger partial charge in [0, 0.05) is 45.1 Å². The SMILES string of the molecule is CN(C)c1ccc(N/C(=C\[N+](=O)[O-])N[C@H]2CCCCN(CC(=O)N3CCCC3)C2=O)cc1. The van der Waals surface area contributed by atoms with Gasteiger partial charge in [0.25, 0.3) is 6.20 Å². The predicted octanol–water partition coefficient (Wildman–Crippen LogP) is 1.83. The van der Waals surface area contributed by atoms with Crippen LogP contribution in [-0.2, 0) is 9.59 Å². The van der Waals surface area contributed by atoms with Crippen molar-refractivity contribution in [3.8, 4) is 0 Å². The molecular weight excluding hydrogens is 412 g/mol. The van der Waals surface area contributed by atoms with Crippen LogP contribution in [0.1, 0.15) is 32.1 Å². The minimum absolute atomic E-state index is 0.0309. The molecule has 0 aromatic heterocycles. The number of rotatable bonds is 8. The number of carbonyl (C=O) groups excluding carboxylic acids is 2. The van der Waals surface area contributed by atoms with E-state index in [0.717, 1.165) is 50.7 Å². The van der Waals surface area contributed by atoms with E-state index in [1.807, 2.05) is 43.3 Å². The van der Waals surface area contributed by atoms with Gasteiger partial charge in [-0.1, -0.05) is 0 Å². The summed E-state index contributed by atoms with van der Waals surface area (Å²) in [6.45, 7) is 2.07. The van der Waals surface area contributed by atoms with Crippen LogP contribution in [0.5, 0.6) is 0 Å². The number of anilines is 2. The molecule has 1 atom stereocenters. The summed E-state index contributed by atoms with van der Waals surface area (Å²) in [7, 11) is 3.86. The van der Waals surface area contributed by atoms with E-state index in [1.54, 1.807) is 9.80 Å². The van der Waals surface area contributed by atoms with Gasteiger partial charge in [0.15, 0.2) is 5.82 Å². The molecule has 0 bridgehead atoms. The molecule has 0 radical (unpaired) electrons. The van der Waals surface area contributed by atoms with Gasteiger partial charge in [0.1, 0.15) is 6.04 Å². The van der Waals surface area contributed by atoms with Crippen LogP contribution >= 0.6 is 0 Å². The molecular formula is C22H32N6O4. The van der Waals surface area contributed by atoms with Crippen LogP contribution in [0, 0.1) is 10.1 Å². The number of hydrogen-bond acceptors (Lipinski definition) is 7. The average Bonchev–Trinajstić information content (AvgIpc) is 3.24. The Hall–Kier alpha value is -3.30. The van der Waals surface area contributed by atoms with Crippen LogP contribution in [0.2, 0.25) is 0 Å². The molecule has 2 aliphatic rings. The number of nitrogens with zero attached hydrogens (tertiary/aromatic N) is 4. The Labute approximate surface area is 188 Å². The fraction of sp³-hybridized carbons (Fsp3) is 0.545. The molecule has 0 unspecified atom stereocenters. The molecule has 174 valence electrons. The zero-order valence-corrected chi connectivity index (χ0v) is 18.7. The van der Waals surface area contributed by atoms with Crippen LogP contribution in [0.4, 0.5) is 11.4 Å². The van der Waals surface area contributed by atoms with Crippen LogP contribution in [-0.4, -0.2) is 72.9 Å². The Balaban J connectivity index is 1.69. The molecule has 0 aliphatic carbocycles. The quantitative estimate of drug-likeness (QED) is 0.465. The molecule has 0 spiro atoms. The van der Waals surface area contributed by atoms with E-state index in [4.69, 9.17) is 0 Å². The summed E-state index contributed by atoms with van der Waals surface area (Å²) in [6, 6.07) is 6.80. The van der Waals surface area contributed by atoms with Gasteiger partial charge < -0.3 is 25.3 Å². The normalized spacial score (nSPS) is 19.5. The lowest BCUT2D eigenvalue weighted by molar-refractivity contribution is -0.403. The summed E-state index contributed by atoms with van der Waals surface area (Å²) in [5, 5.41) is 17.2. The third-order valence-corrected chi connectivity index (χ3v) is 5.79. The van der Waals surface area contributed by atoms with Gasteiger partial charge in [-0.3, -0.25) is 19.7 Å². The van der Waals surface area contributed by atoms with Crippen molar-refractivity contribution in [1.82, 2.24) is 15.1 Å². The number of hydrogen-bond donors (Lipinski definition) is 2. The van der Waals surface area contributed by atoms with E-state index >= 15 is 0 Å². The van der Waals surface area contributed by atoms with Crippen molar-refractivity contribution in [2.45, 2.75) is 38.1 Å². The summed E-state index contributed by atoms with van der Waals surface area (Å²) >= 11 is 0. The predicted molar refractivity (Wildman–Crippen MR) is 123 cm³/mol. The number of carbonyl (C=O) groups is 2. The van der Waals surface area contributed by atoms with Crippen molar-refractivity contribution in [3.05, 3.63) is 46.4 Å². The molecule has 2 amide bonds. The Morgan fingerprint density at radius 2 is 1.81 bits per heavy atom. The molecule has 10 heteroatoms. The fourth-order valence-electron chi connectivity index (χ4n) is 4.02. The minimum Gasteiger partial charge on any atom is -0.378 e. The smallest absolute Gasteiger partial charge is 0.274 e. The van der Waals surface area contributed by atoms with Gasteiger partial charge in [-0.05, 0) is 56.4 Å². The second-order valence-electron chi connectivity index (χ2n) is 8.43. The number of amides is 2. The Morgan fingerprint density at radius 3 is 2.44 bits per heavy atom. The van der Waals surface area contributed by atoms with Crippen molar-refractivity contribution in [2.75, 3.05) is 50.5 Å². The van der Waals surface area contributed by atoms with Gasteiger partial charge in [0.05, 0.1) is 11.5 Å². The summed E-state index contributed by atoms with van der Waals surface area (Å²) in [4.78, 5) is 41.7. The summed E-state index contributed by atoms with van der Waals surface area (Å²) in [6.07, 6.45) is 4.97. The maximum absolute atomic E-state index is 13.2. The van der Waals surface area contributed by atoms with E-state index in [1.165, 1.54) is 0 Å². The lowest BCUT2D eigenvalue weighted by atomic mass is 10.1. The van der Waals surface area contributed by atoms with E-state index < -0.39 is 11.0 Å². The van der Waals surface area contributed by atoms with Crippen LogP contribution in [0.3, 0.4) is 0 Å². The van der Waals surface area contributed by atoms with E-state index in [2.05, 4.69) is 10.6 Å². The Morgan fingerprint density at radius 1 is 1.16 bits per heavy atom. The molecule has 1 aromatic carbocycles. The lowest BCUT2D eigenvalue weighted by Gasteiger charge is -2.27. The lowest BCUT2D eigenvalue weighted by Crippen LogP contribution is -2.49.